The van der Waals surface area contributed by atoms with Crippen molar-refractivity contribution in [2.24, 2.45) is 5.73 Å². The second-order valence-electron chi connectivity index (χ2n) is 4.84. The molecule has 0 aliphatic rings. The molecule has 0 unspecified atom stereocenters. The van der Waals surface area contributed by atoms with Gasteiger partial charge in [0.25, 0.3) is 0 Å². The summed E-state index contributed by atoms with van der Waals surface area (Å²) in [5.41, 5.74) is 8.64. The van der Waals surface area contributed by atoms with Crippen LogP contribution in [0, 0.1) is 6.92 Å². The standard InChI is InChI=1S/C16H18N2O2/c1-11-3-2-4-13(9-11)18-16(20)15(17)10-12-5-7-14(19)8-6-12/h2-9,15,19H,10,17H2,1H3,(H,18,20)/t15-/m0/s1. The van der Waals surface area contributed by atoms with Crippen LogP contribution >= 0.6 is 0 Å². The molecule has 0 radical (unpaired) electrons. The highest BCUT2D eigenvalue weighted by Crippen LogP contribution is 2.13. The number of aromatic hydroxyl groups is 1. The number of nitrogens with one attached hydrogen (secondary N) is 1. The van der Waals surface area contributed by atoms with E-state index >= 15 is 0 Å². The van der Waals surface area contributed by atoms with E-state index in [0.29, 0.717) is 6.42 Å². The lowest BCUT2D eigenvalue weighted by Gasteiger charge is -2.12. The van der Waals surface area contributed by atoms with Gasteiger partial charge in [0.15, 0.2) is 0 Å². The monoisotopic (exact) mass is 270 g/mol. The summed E-state index contributed by atoms with van der Waals surface area (Å²) < 4.78 is 0. The molecule has 104 valence electrons. The largest absolute Gasteiger partial charge is 0.508 e. The van der Waals surface area contributed by atoms with E-state index in [1.54, 1.807) is 24.3 Å². The second kappa shape index (κ2) is 6.21. The SMILES string of the molecule is Cc1cccc(NC(=O)[C@@H](N)Cc2ccc(O)cc2)c1. The summed E-state index contributed by atoms with van der Waals surface area (Å²) in [7, 11) is 0. The van der Waals surface area contributed by atoms with Crippen LogP contribution in [0.3, 0.4) is 0 Å². The quantitative estimate of drug-likeness (QED) is 0.797. The van der Waals surface area contributed by atoms with Crippen molar-refractivity contribution >= 4 is 11.6 Å². The maximum absolute atomic E-state index is 12.0. The van der Waals surface area contributed by atoms with Crippen molar-refractivity contribution in [2.75, 3.05) is 5.32 Å². The summed E-state index contributed by atoms with van der Waals surface area (Å²) in [5.74, 6) is -0.0183. The minimum absolute atomic E-state index is 0.200. The van der Waals surface area contributed by atoms with Crippen LogP contribution in [-0.2, 0) is 11.2 Å². The maximum atomic E-state index is 12.0. The summed E-state index contributed by atoms with van der Waals surface area (Å²) in [4.78, 5) is 12.0. The van der Waals surface area contributed by atoms with E-state index in [4.69, 9.17) is 5.73 Å². The van der Waals surface area contributed by atoms with Crippen molar-refractivity contribution in [1.29, 1.82) is 0 Å². The van der Waals surface area contributed by atoms with Gasteiger partial charge in [0, 0.05) is 5.69 Å². The zero-order chi connectivity index (χ0) is 14.5. The fourth-order valence-electron chi connectivity index (χ4n) is 1.94. The first-order chi connectivity index (χ1) is 9.54. The van der Waals surface area contributed by atoms with E-state index in [0.717, 1.165) is 16.8 Å². The average Bonchev–Trinajstić information content (AvgIpc) is 2.41. The number of rotatable bonds is 4. The Labute approximate surface area is 118 Å². The van der Waals surface area contributed by atoms with Crippen molar-refractivity contribution in [3.8, 4) is 5.75 Å². The summed E-state index contributed by atoms with van der Waals surface area (Å²) >= 11 is 0. The van der Waals surface area contributed by atoms with Gasteiger partial charge in [0.2, 0.25) is 5.91 Å². The van der Waals surface area contributed by atoms with Crippen LogP contribution in [0.4, 0.5) is 5.69 Å². The molecule has 0 aromatic heterocycles. The molecule has 4 nitrogen and oxygen atoms in total. The number of phenols is 1. The van der Waals surface area contributed by atoms with Gasteiger partial charge in [0.05, 0.1) is 6.04 Å². The molecular weight excluding hydrogens is 252 g/mol. The maximum Gasteiger partial charge on any atom is 0.241 e. The lowest BCUT2D eigenvalue weighted by molar-refractivity contribution is -0.117. The molecule has 2 aromatic carbocycles. The highest BCUT2D eigenvalue weighted by Gasteiger charge is 2.14. The normalized spacial score (nSPS) is 11.9. The van der Waals surface area contributed by atoms with Crippen LogP contribution < -0.4 is 11.1 Å². The third-order valence-electron chi connectivity index (χ3n) is 3.01. The highest BCUT2D eigenvalue weighted by atomic mass is 16.3. The number of carbonyl (C=O) groups excluding carboxylic acids is 1. The van der Waals surface area contributed by atoms with Crippen molar-refractivity contribution in [3.63, 3.8) is 0 Å². The number of amides is 1. The Hall–Kier alpha value is -2.33. The molecule has 0 spiro atoms. The minimum atomic E-state index is -0.625. The van der Waals surface area contributed by atoms with Gasteiger partial charge in [-0.1, -0.05) is 24.3 Å². The molecule has 0 heterocycles. The van der Waals surface area contributed by atoms with Crippen molar-refractivity contribution < 1.29 is 9.90 Å². The number of nitrogens with two attached hydrogens (primary N) is 1. The van der Waals surface area contributed by atoms with E-state index in [-0.39, 0.29) is 11.7 Å². The fraction of sp³-hybridized carbons (Fsp3) is 0.188. The zero-order valence-corrected chi connectivity index (χ0v) is 11.3. The molecule has 1 amide bonds. The molecule has 0 saturated carbocycles. The number of carbonyl (C=O) groups is 1. The van der Waals surface area contributed by atoms with E-state index in [2.05, 4.69) is 5.32 Å². The lowest BCUT2D eigenvalue weighted by Crippen LogP contribution is -2.37. The number of hydrogen-bond donors (Lipinski definition) is 3. The zero-order valence-electron chi connectivity index (χ0n) is 11.3. The van der Waals surface area contributed by atoms with Crippen LogP contribution in [0.25, 0.3) is 0 Å². The van der Waals surface area contributed by atoms with E-state index < -0.39 is 6.04 Å². The molecule has 0 aliphatic heterocycles. The molecular formula is C16H18N2O2. The fourth-order valence-corrected chi connectivity index (χ4v) is 1.94. The Balaban J connectivity index is 1.96. The Morgan fingerprint density at radius 1 is 1.25 bits per heavy atom. The first-order valence-electron chi connectivity index (χ1n) is 6.45. The molecule has 2 aromatic rings. The third-order valence-corrected chi connectivity index (χ3v) is 3.01. The Kier molecular flexibility index (Phi) is 4.38. The molecule has 20 heavy (non-hydrogen) atoms. The number of aryl methyl sites for hydroxylation is 1. The van der Waals surface area contributed by atoms with Gasteiger partial charge in [-0.15, -0.1) is 0 Å². The first kappa shape index (κ1) is 14.1. The molecule has 4 heteroatoms. The van der Waals surface area contributed by atoms with Gasteiger partial charge < -0.3 is 16.2 Å². The molecule has 0 saturated heterocycles. The summed E-state index contributed by atoms with van der Waals surface area (Å²) in [6.45, 7) is 1.96. The van der Waals surface area contributed by atoms with Crippen molar-refractivity contribution in [2.45, 2.75) is 19.4 Å². The second-order valence-corrected chi connectivity index (χ2v) is 4.84. The Bertz CT molecular complexity index is 594. The smallest absolute Gasteiger partial charge is 0.241 e. The number of anilines is 1. The molecule has 0 aliphatic carbocycles. The van der Waals surface area contributed by atoms with Crippen molar-refractivity contribution in [1.82, 2.24) is 0 Å². The molecule has 4 N–H and O–H groups in total. The summed E-state index contributed by atoms with van der Waals surface area (Å²) in [6, 6.07) is 13.6. The van der Waals surface area contributed by atoms with E-state index in [9.17, 15) is 9.90 Å². The Morgan fingerprint density at radius 2 is 1.95 bits per heavy atom. The van der Waals surface area contributed by atoms with Crippen molar-refractivity contribution in [3.05, 3.63) is 59.7 Å². The minimum Gasteiger partial charge on any atom is -0.508 e. The van der Waals surface area contributed by atoms with Crippen LogP contribution in [0.5, 0.6) is 5.75 Å². The molecule has 0 bridgehead atoms. The number of benzene rings is 2. The van der Waals surface area contributed by atoms with E-state index in [1.807, 2.05) is 31.2 Å². The van der Waals surface area contributed by atoms with E-state index in [1.165, 1.54) is 0 Å². The van der Waals surface area contributed by atoms with Crippen LogP contribution in [0.15, 0.2) is 48.5 Å². The van der Waals surface area contributed by atoms with Crippen LogP contribution in [-0.4, -0.2) is 17.1 Å². The van der Waals surface area contributed by atoms with Crippen LogP contribution in [0.1, 0.15) is 11.1 Å². The predicted molar refractivity (Wildman–Crippen MR) is 79.6 cm³/mol. The summed E-state index contributed by atoms with van der Waals surface area (Å²) in [5, 5.41) is 12.0. The van der Waals surface area contributed by atoms with Gasteiger partial charge in [-0.2, -0.15) is 0 Å². The summed E-state index contributed by atoms with van der Waals surface area (Å²) in [6.07, 6.45) is 0.429. The lowest BCUT2D eigenvalue weighted by atomic mass is 10.1. The van der Waals surface area contributed by atoms with Gasteiger partial charge >= 0.3 is 0 Å². The van der Waals surface area contributed by atoms with Gasteiger partial charge in [-0.05, 0) is 48.7 Å². The highest BCUT2D eigenvalue weighted by molar-refractivity contribution is 5.94. The average molecular weight is 270 g/mol. The van der Waals surface area contributed by atoms with Crippen LogP contribution in [0.2, 0.25) is 0 Å². The first-order valence-corrected chi connectivity index (χ1v) is 6.45. The number of hydrogen-bond acceptors (Lipinski definition) is 3. The third kappa shape index (κ3) is 3.83. The topological polar surface area (TPSA) is 75.4 Å². The molecule has 0 fully saturated rings. The van der Waals surface area contributed by atoms with Gasteiger partial charge in [0.1, 0.15) is 5.75 Å². The number of phenolic OH excluding ortho intramolecular Hbond substituents is 1. The van der Waals surface area contributed by atoms with Gasteiger partial charge in [-0.3, -0.25) is 4.79 Å². The molecule has 2 rings (SSSR count). The Morgan fingerprint density at radius 3 is 2.60 bits per heavy atom. The molecule has 1 atom stereocenters. The van der Waals surface area contributed by atoms with Gasteiger partial charge in [-0.25, -0.2) is 0 Å². The predicted octanol–water partition coefficient (Wildman–Crippen LogP) is 2.21.